The molecule has 1 atom stereocenters. The third kappa shape index (κ3) is 5.88. The normalized spacial score (nSPS) is 11.7. The first-order valence-electron chi connectivity index (χ1n) is 8.34. The van der Waals surface area contributed by atoms with Gasteiger partial charge in [0.15, 0.2) is 12.7 Å². The van der Waals surface area contributed by atoms with Crippen molar-refractivity contribution in [3.63, 3.8) is 0 Å². The third-order valence-corrected chi connectivity index (χ3v) is 3.67. The molecule has 1 N–H and O–H groups in total. The van der Waals surface area contributed by atoms with Crippen molar-refractivity contribution in [3.05, 3.63) is 59.9 Å². The maximum absolute atomic E-state index is 13.1. The second-order valence-corrected chi connectivity index (χ2v) is 6.14. The zero-order valence-electron chi connectivity index (χ0n) is 15.0. The molecule has 2 aromatic carbocycles. The van der Waals surface area contributed by atoms with E-state index in [0.717, 1.165) is 0 Å². The predicted molar refractivity (Wildman–Crippen MR) is 96.6 cm³/mol. The van der Waals surface area contributed by atoms with E-state index in [4.69, 9.17) is 9.47 Å². The summed E-state index contributed by atoms with van der Waals surface area (Å²) in [6.07, 6.45) is -1.03. The Morgan fingerprint density at radius 2 is 1.77 bits per heavy atom. The fourth-order valence-electron chi connectivity index (χ4n) is 2.19. The molecular weight excluding hydrogens is 337 g/mol. The topological polar surface area (TPSA) is 64.6 Å². The van der Waals surface area contributed by atoms with E-state index in [2.05, 4.69) is 19.2 Å². The van der Waals surface area contributed by atoms with Crippen LogP contribution in [-0.4, -0.2) is 24.6 Å². The molecule has 0 aromatic heterocycles. The Balaban J connectivity index is 1.80. The molecule has 6 heteroatoms. The van der Waals surface area contributed by atoms with Gasteiger partial charge in [0.25, 0.3) is 5.91 Å². The summed E-state index contributed by atoms with van der Waals surface area (Å²) < 4.78 is 23.5. The zero-order chi connectivity index (χ0) is 19.1. The second kappa shape index (κ2) is 8.99. The molecule has 0 fully saturated rings. The van der Waals surface area contributed by atoms with Gasteiger partial charge in [-0.1, -0.05) is 32.0 Å². The molecule has 2 rings (SSSR count). The van der Waals surface area contributed by atoms with Crippen LogP contribution >= 0.6 is 0 Å². The molecule has 138 valence electrons. The van der Waals surface area contributed by atoms with Crippen molar-refractivity contribution in [2.45, 2.75) is 32.8 Å². The van der Waals surface area contributed by atoms with E-state index in [-0.39, 0.29) is 6.61 Å². The van der Waals surface area contributed by atoms with Crippen LogP contribution in [0.4, 0.5) is 10.1 Å². The van der Waals surface area contributed by atoms with Gasteiger partial charge < -0.3 is 14.8 Å². The van der Waals surface area contributed by atoms with Crippen molar-refractivity contribution in [2.75, 3.05) is 11.9 Å². The largest absolute Gasteiger partial charge is 0.482 e. The number of nitrogens with one attached hydrogen (secondary N) is 1. The standard InChI is InChI=1S/C20H22FNO4/c1-13(2)15-7-9-18(10-8-15)25-12-19(23)26-14(3)20(24)22-17-6-4-5-16(21)11-17/h4-11,13-14H,12H2,1-3H3,(H,22,24)/t14-/m0/s1. The number of ether oxygens (including phenoxy) is 2. The number of rotatable bonds is 7. The maximum atomic E-state index is 13.1. The molecule has 5 nitrogen and oxygen atoms in total. The van der Waals surface area contributed by atoms with Crippen molar-refractivity contribution in [2.24, 2.45) is 0 Å². The highest BCUT2D eigenvalue weighted by atomic mass is 19.1. The number of hydrogen-bond acceptors (Lipinski definition) is 4. The molecule has 0 saturated heterocycles. The summed E-state index contributed by atoms with van der Waals surface area (Å²) in [6, 6.07) is 12.9. The Morgan fingerprint density at radius 1 is 1.08 bits per heavy atom. The second-order valence-electron chi connectivity index (χ2n) is 6.14. The first kappa shape index (κ1) is 19.4. The van der Waals surface area contributed by atoms with E-state index < -0.39 is 23.8 Å². The molecule has 0 unspecified atom stereocenters. The van der Waals surface area contributed by atoms with Crippen LogP contribution in [0.3, 0.4) is 0 Å². The van der Waals surface area contributed by atoms with E-state index >= 15 is 0 Å². The molecule has 0 radical (unpaired) electrons. The minimum atomic E-state index is -1.03. The Bertz CT molecular complexity index is 759. The lowest BCUT2D eigenvalue weighted by atomic mass is 10.0. The van der Waals surface area contributed by atoms with Crippen LogP contribution in [0.1, 0.15) is 32.3 Å². The van der Waals surface area contributed by atoms with Crippen molar-refractivity contribution in [1.29, 1.82) is 0 Å². The number of benzene rings is 2. The van der Waals surface area contributed by atoms with Crippen LogP contribution in [-0.2, 0) is 14.3 Å². The fraction of sp³-hybridized carbons (Fsp3) is 0.300. The zero-order valence-corrected chi connectivity index (χ0v) is 15.0. The molecule has 1 amide bonds. The Kier molecular flexibility index (Phi) is 6.72. The molecule has 0 spiro atoms. The molecule has 0 saturated carbocycles. The molecule has 0 heterocycles. The van der Waals surface area contributed by atoms with Crippen LogP contribution in [0.2, 0.25) is 0 Å². The summed E-state index contributed by atoms with van der Waals surface area (Å²) >= 11 is 0. The average molecular weight is 359 g/mol. The molecule has 0 aliphatic carbocycles. The first-order chi connectivity index (χ1) is 12.3. The first-order valence-corrected chi connectivity index (χ1v) is 8.34. The highest BCUT2D eigenvalue weighted by Crippen LogP contribution is 2.18. The van der Waals surface area contributed by atoms with Crippen LogP contribution in [0, 0.1) is 5.82 Å². The van der Waals surface area contributed by atoms with Gasteiger partial charge in [-0.25, -0.2) is 9.18 Å². The SMILES string of the molecule is CC(C)c1ccc(OCC(=O)O[C@@H](C)C(=O)Nc2cccc(F)c2)cc1. The van der Waals surface area contributed by atoms with E-state index in [0.29, 0.717) is 17.4 Å². The smallest absolute Gasteiger partial charge is 0.344 e. The van der Waals surface area contributed by atoms with Gasteiger partial charge in [0, 0.05) is 5.69 Å². The highest BCUT2D eigenvalue weighted by molar-refractivity contribution is 5.95. The monoisotopic (exact) mass is 359 g/mol. The Labute approximate surface area is 152 Å². The summed E-state index contributed by atoms with van der Waals surface area (Å²) in [4.78, 5) is 23.8. The molecule has 2 aromatic rings. The maximum Gasteiger partial charge on any atom is 0.344 e. The molecule has 0 aliphatic rings. The summed E-state index contributed by atoms with van der Waals surface area (Å²) in [5.74, 6) is -0.732. The average Bonchev–Trinajstić information content (AvgIpc) is 2.60. The summed E-state index contributed by atoms with van der Waals surface area (Å²) in [5.41, 5.74) is 1.46. The number of carbonyl (C=O) groups excluding carboxylic acids is 2. The summed E-state index contributed by atoms with van der Waals surface area (Å²) in [7, 11) is 0. The predicted octanol–water partition coefficient (Wildman–Crippen LogP) is 3.90. The number of amides is 1. The van der Waals surface area contributed by atoms with E-state index in [1.54, 1.807) is 18.2 Å². The highest BCUT2D eigenvalue weighted by Gasteiger charge is 2.18. The van der Waals surface area contributed by atoms with Crippen molar-refractivity contribution in [3.8, 4) is 5.75 Å². The third-order valence-electron chi connectivity index (χ3n) is 3.67. The van der Waals surface area contributed by atoms with Crippen LogP contribution in [0.5, 0.6) is 5.75 Å². The minimum Gasteiger partial charge on any atom is -0.482 e. The quantitative estimate of drug-likeness (QED) is 0.762. The van der Waals surface area contributed by atoms with Gasteiger partial charge in [0.1, 0.15) is 11.6 Å². The van der Waals surface area contributed by atoms with Crippen LogP contribution < -0.4 is 10.1 Å². The van der Waals surface area contributed by atoms with Gasteiger partial charge in [-0.3, -0.25) is 4.79 Å². The van der Waals surface area contributed by atoms with Gasteiger partial charge >= 0.3 is 5.97 Å². The van der Waals surface area contributed by atoms with Gasteiger partial charge in [-0.2, -0.15) is 0 Å². The number of esters is 1. The lowest BCUT2D eigenvalue weighted by Gasteiger charge is -2.14. The van der Waals surface area contributed by atoms with E-state index in [1.807, 2.05) is 12.1 Å². The number of halogens is 1. The number of anilines is 1. The van der Waals surface area contributed by atoms with Gasteiger partial charge in [-0.15, -0.1) is 0 Å². The lowest BCUT2D eigenvalue weighted by Crippen LogP contribution is -2.31. The molecule has 26 heavy (non-hydrogen) atoms. The van der Waals surface area contributed by atoms with Gasteiger partial charge in [0.2, 0.25) is 0 Å². The van der Waals surface area contributed by atoms with Gasteiger partial charge in [0.05, 0.1) is 0 Å². The van der Waals surface area contributed by atoms with Crippen molar-refractivity contribution < 1.29 is 23.5 Å². The fourth-order valence-corrected chi connectivity index (χ4v) is 2.19. The summed E-state index contributed by atoms with van der Waals surface area (Å²) in [5, 5.41) is 2.48. The number of hydrogen-bond donors (Lipinski definition) is 1. The Hall–Kier alpha value is -2.89. The van der Waals surface area contributed by atoms with E-state index in [9.17, 15) is 14.0 Å². The molecule has 0 aliphatic heterocycles. The van der Waals surface area contributed by atoms with Crippen LogP contribution in [0.15, 0.2) is 48.5 Å². The van der Waals surface area contributed by atoms with Crippen LogP contribution in [0.25, 0.3) is 0 Å². The number of carbonyl (C=O) groups is 2. The lowest BCUT2D eigenvalue weighted by molar-refractivity contribution is -0.155. The van der Waals surface area contributed by atoms with Gasteiger partial charge in [-0.05, 0) is 48.7 Å². The van der Waals surface area contributed by atoms with E-state index in [1.165, 1.54) is 30.7 Å². The minimum absolute atomic E-state index is 0.291. The van der Waals surface area contributed by atoms with Crippen molar-refractivity contribution in [1.82, 2.24) is 0 Å². The molecule has 0 bridgehead atoms. The summed E-state index contributed by atoms with van der Waals surface area (Å²) in [6.45, 7) is 5.30. The molecular formula is C20H22FNO4. The van der Waals surface area contributed by atoms with Crippen molar-refractivity contribution >= 4 is 17.6 Å². The Morgan fingerprint density at radius 3 is 2.38 bits per heavy atom.